The monoisotopic (exact) mass is 593 g/mol. The molecule has 0 unspecified atom stereocenters. The Labute approximate surface area is 267 Å². The molecule has 4 heteroatoms. The first-order valence-corrected chi connectivity index (χ1v) is 15.6. The van der Waals surface area contributed by atoms with Crippen molar-refractivity contribution in [3.63, 3.8) is 0 Å². The molecular formula is C42H31N3O. The van der Waals surface area contributed by atoms with E-state index in [1.54, 1.807) is 6.07 Å². The SMILES string of the molecule is [C-]#[N+]c1ccc2c(=O)n3c(nc4cc(-c5c(C)cccc5C)cc(-c5c(C)cccc5C)c43)c3ccc(-c4ccc(C)cc4)c1c23. The van der Waals surface area contributed by atoms with Crippen molar-refractivity contribution < 1.29 is 0 Å². The van der Waals surface area contributed by atoms with Crippen LogP contribution in [0.1, 0.15) is 27.8 Å². The van der Waals surface area contributed by atoms with Gasteiger partial charge in [-0.05, 0) is 108 Å². The van der Waals surface area contributed by atoms with Crippen LogP contribution in [0.2, 0.25) is 0 Å². The third-order valence-electron chi connectivity index (χ3n) is 9.57. The van der Waals surface area contributed by atoms with Crippen molar-refractivity contribution in [3.05, 3.63) is 147 Å². The largest absolute Gasteiger partial charge is 0.268 e. The van der Waals surface area contributed by atoms with Crippen LogP contribution >= 0.6 is 0 Å². The predicted molar refractivity (Wildman–Crippen MR) is 191 cm³/mol. The lowest BCUT2D eigenvalue weighted by Crippen LogP contribution is -2.14. The highest BCUT2D eigenvalue weighted by Crippen LogP contribution is 2.43. The normalized spacial score (nSPS) is 11.7. The lowest BCUT2D eigenvalue weighted by molar-refractivity contribution is 1.19. The summed E-state index contributed by atoms with van der Waals surface area (Å²) in [6, 6.07) is 33.2. The van der Waals surface area contributed by atoms with Crippen molar-refractivity contribution in [2.45, 2.75) is 34.6 Å². The van der Waals surface area contributed by atoms with E-state index in [9.17, 15) is 4.79 Å². The minimum absolute atomic E-state index is 0.125. The molecular weight excluding hydrogens is 562 g/mol. The van der Waals surface area contributed by atoms with Crippen LogP contribution in [-0.4, -0.2) is 9.38 Å². The highest BCUT2D eigenvalue weighted by molar-refractivity contribution is 6.23. The van der Waals surface area contributed by atoms with Crippen molar-refractivity contribution in [3.8, 4) is 33.4 Å². The molecule has 8 rings (SSSR count). The minimum Gasteiger partial charge on any atom is -0.268 e. The highest BCUT2D eigenvalue weighted by atomic mass is 16.1. The van der Waals surface area contributed by atoms with Gasteiger partial charge in [0.1, 0.15) is 5.65 Å². The van der Waals surface area contributed by atoms with E-state index in [1.165, 1.54) is 22.3 Å². The first kappa shape index (κ1) is 27.7. The van der Waals surface area contributed by atoms with Gasteiger partial charge in [-0.1, -0.05) is 90.5 Å². The van der Waals surface area contributed by atoms with Gasteiger partial charge in [-0.2, -0.15) is 0 Å². The molecule has 6 aromatic carbocycles. The van der Waals surface area contributed by atoms with Gasteiger partial charge in [0.05, 0.1) is 17.6 Å². The summed E-state index contributed by atoms with van der Waals surface area (Å²) in [6.07, 6.45) is 0. The van der Waals surface area contributed by atoms with Crippen molar-refractivity contribution in [2.24, 2.45) is 0 Å². The first-order valence-electron chi connectivity index (χ1n) is 15.6. The number of nitrogens with zero attached hydrogens (tertiary/aromatic N) is 3. The van der Waals surface area contributed by atoms with Gasteiger partial charge in [0.25, 0.3) is 5.56 Å². The molecule has 0 radical (unpaired) electrons. The summed E-state index contributed by atoms with van der Waals surface area (Å²) in [5.41, 5.74) is 14.8. The van der Waals surface area contributed by atoms with Crippen molar-refractivity contribution in [1.29, 1.82) is 0 Å². The van der Waals surface area contributed by atoms with Crippen molar-refractivity contribution in [2.75, 3.05) is 0 Å². The Morgan fingerprint density at radius 2 is 1.26 bits per heavy atom. The van der Waals surface area contributed by atoms with Gasteiger partial charge in [0, 0.05) is 16.3 Å². The summed E-state index contributed by atoms with van der Waals surface area (Å²) >= 11 is 0. The second-order valence-corrected chi connectivity index (χ2v) is 12.5. The molecule has 0 spiro atoms. The molecule has 220 valence electrons. The summed E-state index contributed by atoms with van der Waals surface area (Å²) in [5, 5.41) is 3.04. The van der Waals surface area contributed by atoms with E-state index < -0.39 is 0 Å². The summed E-state index contributed by atoms with van der Waals surface area (Å²) in [4.78, 5) is 23.9. The fourth-order valence-corrected chi connectivity index (χ4v) is 7.46. The number of hydrogen-bond donors (Lipinski definition) is 0. The molecule has 8 aromatic rings. The fraction of sp³-hybridized carbons (Fsp3) is 0.119. The maximum absolute atomic E-state index is 14.7. The number of rotatable bonds is 3. The molecule has 0 aliphatic heterocycles. The number of fused-ring (bicyclic) bond motifs is 4. The van der Waals surface area contributed by atoms with E-state index in [4.69, 9.17) is 11.6 Å². The smallest absolute Gasteiger partial charge is 0.264 e. The first-order chi connectivity index (χ1) is 22.3. The average molecular weight is 594 g/mol. The van der Waals surface area contributed by atoms with E-state index in [0.717, 1.165) is 66.1 Å². The highest BCUT2D eigenvalue weighted by Gasteiger charge is 2.24. The fourth-order valence-electron chi connectivity index (χ4n) is 7.46. The molecule has 0 aliphatic rings. The molecule has 0 aliphatic carbocycles. The van der Waals surface area contributed by atoms with Crippen LogP contribution in [0.3, 0.4) is 0 Å². The number of aromatic nitrogens is 2. The van der Waals surface area contributed by atoms with Gasteiger partial charge in [-0.15, -0.1) is 0 Å². The standard InChI is InChI=1S/C42H31N3O/c1-23-13-15-28(16-14-23)30-17-18-31-38-32(19-20-34(43-6)39(30)38)42(46)45-40-33(37-26(4)11-8-12-27(37)5)21-29(22-35(40)44-41(31)45)36-24(2)9-7-10-25(36)3/h7-22H,1-5H3. The Kier molecular flexibility index (Phi) is 6.10. The Balaban J connectivity index is 1.57. The van der Waals surface area contributed by atoms with Crippen LogP contribution in [0.4, 0.5) is 5.69 Å². The molecule has 2 heterocycles. The third kappa shape index (κ3) is 3.92. The van der Waals surface area contributed by atoms with Crippen LogP contribution in [0.15, 0.2) is 102 Å². The van der Waals surface area contributed by atoms with Crippen molar-refractivity contribution >= 4 is 43.9 Å². The number of imidazole rings is 1. The Hall–Kier alpha value is -5.79. The molecule has 0 atom stereocenters. The van der Waals surface area contributed by atoms with Crippen LogP contribution in [0, 0.1) is 41.2 Å². The Morgan fingerprint density at radius 1 is 0.630 bits per heavy atom. The molecule has 0 N–H and O–H groups in total. The van der Waals surface area contributed by atoms with Crippen LogP contribution in [0.25, 0.3) is 76.5 Å². The zero-order chi connectivity index (χ0) is 31.9. The zero-order valence-corrected chi connectivity index (χ0v) is 26.5. The van der Waals surface area contributed by atoms with E-state index >= 15 is 0 Å². The second-order valence-electron chi connectivity index (χ2n) is 12.5. The second kappa shape index (κ2) is 10.1. The van der Waals surface area contributed by atoms with E-state index in [2.05, 4.69) is 124 Å². The lowest BCUT2D eigenvalue weighted by Gasteiger charge is -2.16. The van der Waals surface area contributed by atoms with Crippen LogP contribution in [-0.2, 0) is 0 Å². The van der Waals surface area contributed by atoms with Crippen LogP contribution in [0.5, 0.6) is 0 Å². The number of hydrogen-bond acceptors (Lipinski definition) is 2. The Bertz CT molecular complexity index is 2610. The predicted octanol–water partition coefficient (Wildman–Crippen LogP) is 10.7. The van der Waals surface area contributed by atoms with E-state index in [1.807, 2.05) is 10.5 Å². The molecule has 0 saturated heterocycles. The van der Waals surface area contributed by atoms with Crippen molar-refractivity contribution in [1.82, 2.24) is 9.38 Å². The van der Waals surface area contributed by atoms with E-state index in [0.29, 0.717) is 16.7 Å². The molecule has 46 heavy (non-hydrogen) atoms. The molecule has 0 bridgehead atoms. The van der Waals surface area contributed by atoms with Gasteiger partial charge in [0.15, 0.2) is 5.69 Å². The summed E-state index contributed by atoms with van der Waals surface area (Å²) in [7, 11) is 0. The maximum atomic E-state index is 14.7. The van der Waals surface area contributed by atoms with Gasteiger partial charge in [-0.3, -0.25) is 9.20 Å². The third-order valence-corrected chi connectivity index (χ3v) is 9.57. The van der Waals surface area contributed by atoms with Gasteiger partial charge in [0.2, 0.25) is 0 Å². The molecule has 0 fully saturated rings. The minimum atomic E-state index is -0.125. The van der Waals surface area contributed by atoms with E-state index in [-0.39, 0.29) is 5.56 Å². The molecule has 2 aromatic heterocycles. The summed E-state index contributed by atoms with van der Waals surface area (Å²) in [5.74, 6) is 0. The van der Waals surface area contributed by atoms with Crippen LogP contribution < -0.4 is 5.56 Å². The summed E-state index contributed by atoms with van der Waals surface area (Å²) in [6.45, 7) is 18.6. The lowest BCUT2D eigenvalue weighted by atomic mass is 9.89. The number of pyridine rings is 1. The summed E-state index contributed by atoms with van der Waals surface area (Å²) < 4.78 is 1.81. The number of benzene rings is 6. The molecule has 4 nitrogen and oxygen atoms in total. The quantitative estimate of drug-likeness (QED) is 0.191. The molecule has 0 amide bonds. The van der Waals surface area contributed by atoms with Gasteiger partial charge in [-0.25, -0.2) is 9.83 Å². The van der Waals surface area contributed by atoms with Gasteiger partial charge >= 0.3 is 0 Å². The topological polar surface area (TPSA) is 38.7 Å². The number of aryl methyl sites for hydroxylation is 5. The maximum Gasteiger partial charge on any atom is 0.264 e. The Morgan fingerprint density at radius 3 is 1.91 bits per heavy atom. The zero-order valence-electron chi connectivity index (χ0n) is 26.5. The average Bonchev–Trinajstić information content (AvgIpc) is 3.43. The molecule has 0 saturated carbocycles. The van der Waals surface area contributed by atoms with Gasteiger partial charge < -0.3 is 0 Å².